The van der Waals surface area contributed by atoms with Gasteiger partial charge in [-0.15, -0.1) is 0 Å². The van der Waals surface area contributed by atoms with Crippen LogP contribution in [0.5, 0.6) is 11.5 Å². The summed E-state index contributed by atoms with van der Waals surface area (Å²) >= 11 is 0. The van der Waals surface area contributed by atoms with Crippen molar-refractivity contribution in [3.8, 4) is 11.5 Å². The van der Waals surface area contributed by atoms with Gasteiger partial charge >= 0.3 is 0 Å². The van der Waals surface area contributed by atoms with Crippen LogP contribution in [0.25, 0.3) is 0 Å². The first-order valence-electron chi connectivity index (χ1n) is 8.05. The summed E-state index contributed by atoms with van der Waals surface area (Å²) in [6.07, 6.45) is 0. The highest BCUT2D eigenvalue weighted by atomic mass is 16.5. The third-order valence-electron chi connectivity index (χ3n) is 3.88. The Balaban J connectivity index is 1.97. The van der Waals surface area contributed by atoms with Crippen molar-refractivity contribution in [2.45, 2.75) is 13.5 Å². The highest BCUT2D eigenvalue weighted by Crippen LogP contribution is 2.22. The molecule has 0 aliphatic rings. The predicted octanol–water partition coefficient (Wildman–Crippen LogP) is 1.75. The van der Waals surface area contributed by atoms with Crippen LogP contribution < -0.4 is 19.7 Å². The minimum absolute atomic E-state index is 0.0285. The first kappa shape index (κ1) is 17.8. The highest BCUT2D eigenvalue weighted by molar-refractivity contribution is 5.92. The van der Waals surface area contributed by atoms with Gasteiger partial charge in [-0.05, 0) is 31.2 Å². The molecule has 0 aromatic heterocycles. The number of likely N-dealkylation sites (N-methyl/N-ethyl adjacent to an activating group) is 1. The summed E-state index contributed by atoms with van der Waals surface area (Å²) in [6.45, 7) is 4.10. The van der Waals surface area contributed by atoms with Gasteiger partial charge in [0.2, 0.25) is 0 Å². The van der Waals surface area contributed by atoms with Crippen LogP contribution >= 0.6 is 0 Å². The number of nitrogens with one attached hydrogen (secondary N) is 2. The van der Waals surface area contributed by atoms with Gasteiger partial charge in [-0.3, -0.25) is 4.79 Å². The second-order valence-corrected chi connectivity index (χ2v) is 5.56. The molecule has 0 saturated carbocycles. The van der Waals surface area contributed by atoms with Crippen LogP contribution in [0, 0.1) is 0 Å². The van der Waals surface area contributed by atoms with Crippen LogP contribution in [0.2, 0.25) is 0 Å². The Hall–Kier alpha value is -2.53. The van der Waals surface area contributed by atoms with Crippen LogP contribution in [0.15, 0.2) is 48.5 Å². The van der Waals surface area contributed by atoms with Gasteiger partial charge in [0.25, 0.3) is 5.91 Å². The molecule has 0 aliphatic carbocycles. The molecule has 0 bridgehead atoms. The maximum atomic E-state index is 12.4. The number of para-hydroxylation sites is 2. The van der Waals surface area contributed by atoms with Gasteiger partial charge in [-0.25, -0.2) is 0 Å². The number of carbonyl (C=O) groups excluding carboxylic acids is 1. The van der Waals surface area contributed by atoms with E-state index in [1.54, 1.807) is 14.2 Å². The van der Waals surface area contributed by atoms with E-state index in [4.69, 9.17) is 9.47 Å². The molecule has 0 saturated heterocycles. The first-order valence-corrected chi connectivity index (χ1v) is 8.05. The Morgan fingerprint density at radius 2 is 1.88 bits per heavy atom. The summed E-state index contributed by atoms with van der Waals surface area (Å²) < 4.78 is 10.5. The molecular formula is C19H25N2O3+. The largest absolute Gasteiger partial charge is 0.497 e. The second-order valence-electron chi connectivity index (χ2n) is 5.56. The molecule has 5 nitrogen and oxygen atoms in total. The number of quaternary nitrogens is 1. The minimum atomic E-state index is -0.0285. The number of methoxy groups -OCH3 is 2. The molecule has 0 radical (unpaired) electrons. The van der Waals surface area contributed by atoms with E-state index in [-0.39, 0.29) is 5.91 Å². The lowest BCUT2D eigenvalue weighted by molar-refractivity contribution is -0.903. The Morgan fingerprint density at radius 1 is 1.08 bits per heavy atom. The smallest absolute Gasteiger partial charge is 0.279 e. The topological polar surface area (TPSA) is 52.0 Å². The van der Waals surface area contributed by atoms with Crippen LogP contribution in [0.3, 0.4) is 0 Å². The molecule has 0 aliphatic heterocycles. The van der Waals surface area contributed by atoms with Crippen molar-refractivity contribution in [3.63, 3.8) is 0 Å². The van der Waals surface area contributed by atoms with Crippen LogP contribution in [0.4, 0.5) is 5.69 Å². The summed E-state index contributed by atoms with van der Waals surface area (Å²) in [5.41, 5.74) is 1.85. The molecular weight excluding hydrogens is 304 g/mol. The molecule has 2 aromatic carbocycles. The average molecular weight is 329 g/mol. The summed E-state index contributed by atoms with van der Waals surface area (Å²) in [5.74, 6) is 1.47. The number of anilines is 1. The van der Waals surface area contributed by atoms with E-state index in [0.29, 0.717) is 18.0 Å². The monoisotopic (exact) mass is 329 g/mol. The maximum Gasteiger partial charge on any atom is 0.279 e. The lowest BCUT2D eigenvalue weighted by atomic mass is 10.2. The van der Waals surface area contributed by atoms with Gasteiger partial charge < -0.3 is 19.7 Å². The third-order valence-corrected chi connectivity index (χ3v) is 3.88. The number of benzene rings is 2. The summed E-state index contributed by atoms with van der Waals surface area (Å²) in [7, 11) is 3.25. The number of hydrogen-bond acceptors (Lipinski definition) is 3. The molecule has 0 spiro atoms. The average Bonchev–Trinajstić information content (AvgIpc) is 2.61. The van der Waals surface area contributed by atoms with E-state index in [1.165, 1.54) is 4.90 Å². The molecule has 1 unspecified atom stereocenters. The van der Waals surface area contributed by atoms with E-state index in [1.807, 2.05) is 42.5 Å². The van der Waals surface area contributed by atoms with E-state index >= 15 is 0 Å². The summed E-state index contributed by atoms with van der Waals surface area (Å²) in [5, 5.41) is 2.93. The van der Waals surface area contributed by atoms with E-state index < -0.39 is 0 Å². The summed E-state index contributed by atoms with van der Waals surface area (Å²) in [4.78, 5) is 13.5. The van der Waals surface area contributed by atoms with Crippen LogP contribution in [-0.4, -0.2) is 33.2 Å². The van der Waals surface area contributed by atoms with Crippen LogP contribution in [-0.2, 0) is 11.3 Å². The highest BCUT2D eigenvalue weighted by Gasteiger charge is 2.15. The van der Waals surface area contributed by atoms with E-state index in [2.05, 4.69) is 18.3 Å². The van der Waals surface area contributed by atoms with Crippen molar-refractivity contribution >= 4 is 11.6 Å². The van der Waals surface area contributed by atoms with Gasteiger partial charge in [0.05, 0.1) is 26.5 Å². The normalized spacial score (nSPS) is 11.6. The van der Waals surface area contributed by atoms with Gasteiger partial charge in [0.15, 0.2) is 6.54 Å². The van der Waals surface area contributed by atoms with E-state index in [0.717, 1.165) is 24.4 Å². The predicted molar refractivity (Wildman–Crippen MR) is 94.7 cm³/mol. The van der Waals surface area contributed by atoms with Crippen molar-refractivity contribution in [1.82, 2.24) is 0 Å². The zero-order valence-corrected chi connectivity index (χ0v) is 14.5. The minimum Gasteiger partial charge on any atom is -0.497 e. The van der Waals surface area contributed by atoms with Gasteiger partial charge in [0, 0.05) is 5.56 Å². The van der Waals surface area contributed by atoms with Crippen LogP contribution in [0.1, 0.15) is 12.5 Å². The zero-order valence-electron chi connectivity index (χ0n) is 14.5. The van der Waals surface area contributed by atoms with Crippen molar-refractivity contribution in [2.24, 2.45) is 0 Å². The van der Waals surface area contributed by atoms with Gasteiger partial charge in [-0.1, -0.05) is 24.3 Å². The summed E-state index contributed by atoms with van der Waals surface area (Å²) in [6, 6.07) is 15.4. The molecule has 1 atom stereocenters. The number of amides is 1. The Kier molecular flexibility index (Phi) is 6.63. The Bertz CT molecular complexity index is 673. The number of rotatable bonds is 8. The zero-order chi connectivity index (χ0) is 17.4. The van der Waals surface area contributed by atoms with Crippen molar-refractivity contribution in [3.05, 3.63) is 54.1 Å². The fraction of sp³-hybridized carbons (Fsp3) is 0.316. The van der Waals surface area contributed by atoms with Crippen molar-refractivity contribution < 1.29 is 19.2 Å². The fourth-order valence-electron chi connectivity index (χ4n) is 2.55. The fourth-order valence-corrected chi connectivity index (χ4v) is 2.55. The lowest BCUT2D eigenvalue weighted by Crippen LogP contribution is -3.11. The number of ether oxygens (including phenoxy) is 2. The molecule has 128 valence electrons. The molecule has 0 heterocycles. The molecule has 2 N–H and O–H groups in total. The third kappa shape index (κ3) is 4.99. The molecule has 24 heavy (non-hydrogen) atoms. The lowest BCUT2D eigenvalue weighted by Gasteiger charge is -2.18. The first-order chi connectivity index (χ1) is 11.7. The van der Waals surface area contributed by atoms with E-state index in [9.17, 15) is 4.79 Å². The molecule has 2 aromatic rings. The number of hydrogen-bond donors (Lipinski definition) is 2. The quantitative estimate of drug-likeness (QED) is 0.776. The molecule has 5 heteroatoms. The maximum absolute atomic E-state index is 12.4. The second kappa shape index (κ2) is 8.93. The van der Waals surface area contributed by atoms with Gasteiger partial charge in [0.1, 0.15) is 18.0 Å². The SMILES string of the molecule is CC[NH+](CC(=O)Nc1ccccc1OC)Cc1cccc(OC)c1. The standard InChI is InChI=1S/C19H24N2O3/c1-4-21(13-15-8-7-9-16(12-15)23-2)14-19(22)20-17-10-5-6-11-18(17)24-3/h5-12H,4,13-14H2,1-3H3,(H,20,22)/p+1. The molecule has 2 rings (SSSR count). The molecule has 0 fully saturated rings. The van der Waals surface area contributed by atoms with Crippen molar-refractivity contribution in [2.75, 3.05) is 32.6 Å². The Labute approximate surface area is 143 Å². The van der Waals surface area contributed by atoms with Gasteiger partial charge in [-0.2, -0.15) is 0 Å². The number of carbonyl (C=O) groups is 1. The molecule has 1 amide bonds. The Morgan fingerprint density at radius 3 is 2.58 bits per heavy atom. The van der Waals surface area contributed by atoms with Crippen molar-refractivity contribution in [1.29, 1.82) is 0 Å².